The fourth-order valence-corrected chi connectivity index (χ4v) is 2.05. The highest BCUT2D eigenvalue weighted by atomic mass is 16.3. The van der Waals surface area contributed by atoms with Gasteiger partial charge >= 0.3 is 0 Å². The van der Waals surface area contributed by atoms with Gasteiger partial charge in [0.15, 0.2) is 0 Å². The molecule has 2 nitrogen and oxygen atoms in total. The molecule has 2 heteroatoms. The lowest BCUT2D eigenvalue weighted by molar-refractivity contribution is 0.476. The normalized spacial score (nSPS) is 11.1. The minimum Gasteiger partial charge on any atom is -0.508 e. The number of nitrogens with zero attached hydrogens (tertiary/aromatic N) is 1. The van der Waals surface area contributed by atoms with Gasteiger partial charge in [-0.1, -0.05) is 0 Å². The van der Waals surface area contributed by atoms with Gasteiger partial charge in [-0.25, -0.2) is 0 Å². The lowest BCUT2D eigenvalue weighted by Gasteiger charge is -2.03. The molecule has 1 heterocycles. The average molecular weight is 189 g/mol. The molecule has 0 amide bonds. The first kappa shape index (κ1) is 9.13. The molecule has 0 fully saturated rings. The summed E-state index contributed by atoms with van der Waals surface area (Å²) >= 11 is 0. The highest BCUT2D eigenvalue weighted by Crippen LogP contribution is 2.27. The fourth-order valence-electron chi connectivity index (χ4n) is 2.05. The van der Waals surface area contributed by atoms with E-state index in [-0.39, 0.29) is 0 Å². The summed E-state index contributed by atoms with van der Waals surface area (Å²) in [5, 5.41) is 10.6. The van der Waals surface area contributed by atoms with Crippen LogP contribution in [0.3, 0.4) is 0 Å². The van der Waals surface area contributed by atoms with Crippen molar-refractivity contribution in [1.82, 2.24) is 4.57 Å². The zero-order valence-electron chi connectivity index (χ0n) is 8.83. The van der Waals surface area contributed by atoms with E-state index in [2.05, 4.69) is 25.3 Å². The quantitative estimate of drug-likeness (QED) is 0.733. The number of hydrogen-bond acceptors (Lipinski definition) is 1. The molecule has 2 rings (SSSR count). The van der Waals surface area contributed by atoms with Crippen LogP contribution in [0, 0.1) is 13.8 Å². The summed E-state index contributed by atoms with van der Waals surface area (Å²) in [6, 6.07) is 5.56. The van der Waals surface area contributed by atoms with Crippen molar-refractivity contribution in [2.75, 3.05) is 0 Å². The molecule has 0 aliphatic heterocycles. The molecule has 1 aromatic carbocycles. The second kappa shape index (κ2) is 3.05. The van der Waals surface area contributed by atoms with Gasteiger partial charge in [0.25, 0.3) is 0 Å². The molecule has 0 saturated heterocycles. The van der Waals surface area contributed by atoms with Gasteiger partial charge in [0.05, 0.1) is 0 Å². The van der Waals surface area contributed by atoms with Gasteiger partial charge in [-0.2, -0.15) is 0 Å². The standard InChI is InChI=1S/C12H15NO/c1-4-13-9(3)8(2)11-7-10(14)5-6-12(11)13/h5-7,14H,4H2,1-3H3. The van der Waals surface area contributed by atoms with Crippen LogP contribution in [0.25, 0.3) is 10.9 Å². The third-order valence-electron chi connectivity index (χ3n) is 2.94. The van der Waals surface area contributed by atoms with Crippen LogP contribution in [0.2, 0.25) is 0 Å². The Morgan fingerprint density at radius 1 is 1.29 bits per heavy atom. The lowest BCUT2D eigenvalue weighted by atomic mass is 10.1. The fraction of sp³-hybridized carbons (Fsp3) is 0.333. The van der Waals surface area contributed by atoms with Gasteiger partial charge in [0, 0.05) is 23.1 Å². The molecule has 0 radical (unpaired) electrons. The molecule has 0 unspecified atom stereocenters. The molecule has 0 spiro atoms. The van der Waals surface area contributed by atoms with E-state index in [1.54, 1.807) is 6.07 Å². The summed E-state index contributed by atoms with van der Waals surface area (Å²) in [5.41, 5.74) is 3.76. The first-order valence-electron chi connectivity index (χ1n) is 4.93. The van der Waals surface area contributed by atoms with Gasteiger partial charge in [0.2, 0.25) is 0 Å². The first-order valence-corrected chi connectivity index (χ1v) is 4.93. The van der Waals surface area contributed by atoms with Crippen molar-refractivity contribution in [3.8, 4) is 5.75 Å². The summed E-state index contributed by atoms with van der Waals surface area (Å²) in [5.74, 6) is 0.342. The number of benzene rings is 1. The van der Waals surface area contributed by atoms with Crippen molar-refractivity contribution < 1.29 is 5.11 Å². The van der Waals surface area contributed by atoms with Crippen LogP contribution < -0.4 is 0 Å². The van der Waals surface area contributed by atoms with E-state index in [0.717, 1.165) is 11.9 Å². The van der Waals surface area contributed by atoms with Crippen LogP contribution in [0.4, 0.5) is 0 Å². The predicted molar refractivity (Wildman–Crippen MR) is 58.8 cm³/mol. The molecular weight excluding hydrogens is 174 g/mol. The Labute approximate surface area is 83.8 Å². The second-order valence-electron chi connectivity index (χ2n) is 3.66. The molecule has 14 heavy (non-hydrogen) atoms. The van der Waals surface area contributed by atoms with Crippen molar-refractivity contribution in [3.05, 3.63) is 29.5 Å². The van der Waals surface area contributed by atoms with Gasteiger partial charge in [0.1, 0.15) is 5.75 Å². The van der Waals surface area contributed by atoms with E-state index in [1.807, 2.05) is 12.1 Å². The van der Waals surface area contributed by atoms with Gasteiger partial charge in [-0.05, 0) is 44.5 Å². The summed E-state index contributed by atoms with van der Waals surface area (Å²) in [4.78, 5) is 0. The molecule has 1 N–H and O–H groups in total. The van der Waals surface area contributed by atoms with Crippen molar-refractivity contribution in [1.29, 1.82) is 0 Å². The molecule has 0 saturated carbocycles. The highest BCUT2D eigenvalue weighted by Gasteiger charge is 2.09. The van der Waals surface area contributed by atoms with Crippen molar-refractivity contribution in [2.24, 2.45) is 0 Å². The number of phenolic OH excluding ortho intramolecular Hbond substituents is 1. The molecule has 0 atom stereocenters. The van der Waals surface area contributed by atoms with Crippen LogP contribution in [0.15, 0.2) is 18.2 Å². The van der Waals surface area contributed by atoms with E-state index >= 15 is 0 Å². The van der Waals surface area contributed by atoms with Crippen molar-refractivity contribution in [3.63, 3.8) is 0 Å². The maximum atomic E-state index is 9.42. The average Bonchev–Trinajstić information content (AvgIpc) is 2.41. The third-order valence-corrected chi connectivity index (χ3v) is 2.94. The number of aromatic hydroxyl groups is 1. The highest BCUT2D eigenvalue weighted by molar-refractivity contribution is 5.86. The number of rotatable bonds is 1. The Morgan fingerprint density at radius 2 is 2.00 bits per heavy atom. The van der Waals surface area contributed by atoms with Crippen LogP contribution >= 0.6 is 0 Å². The zero-order valence-corrected chi connectivity index (χ0v) is 8.83. The van der Waals surface area contributed by atoms with Gasteiger partial charge in [-0.3, -0.25) is 0 Å². The Kier molecular flexibility index (Phi) is 1.99. The first-order chi connectivity index (χ1) is 6.65. The van der Waals surface area contributed by atoms with E-state index in [0.29, 0.717) is 5.75 Å². The molecule has 1 aromatic heterocycles. The lowest BCUT2D eigenvalue weighted by Crippen LogP contribution is -1.95. The summed E-state index contributed by atoms with van der Waals surface area (Å²) in [6.07, 6.45) is 0. The number of hydrogen-bond donors (Lipinski definition) is 1. The molecule has 0 aliphatic rings. The topological polar surface area (TPSA) is 25.2 Å². The summed E-state index contributed by atoms with van der Waals surface area (Å²) in [6.45, 7) is 7.33. The molecule has 2 aromatic rings. The Balaban J connectivity index is 2.88. The minimum atomic E-state index is 0.342. The van der Waals surface area contributed by atoms with Crippen LogP contribution in [-0.2, 0) is 6.54 Å². The maximum absolute atomic E-state index is 9.42. The van der Waals surface area contributed by atoms with E-state index in [4.69, 9.17) is 0 Å². The van der Waals surface area contributed by atoms with Crippen LogP contribution in [0.1, 0.15) is 18.2 Å². The van der Waals surface area contributed by atoms with Crippen molar-refractivity contribution >= 4 is 10.9 Å². The predicted octanol–water partition coefficient (Wildman–Crippen LogP) is 2.98. The Morgan fingerprint density at radius 3 is 2.64 bits per heavy atom. The molecular formula is C12H15NO. The molecule has 0 bridgehead atoms. The summed E-state index contributed by atoms with van der Waals surface area (Å²) in [7, 11) is 0. The summed E-state index contributed by atoms with van der Waals surface area (Å²) < 4.78 is 2.27. The van der Waals surface area contributed by atoms with E-state index in [9.17, 15) is 5.11 Å². The Bertz CT molecular complexity index is 483. The zero-order chi connectivity index (χ0) is 10.3. The SMILES string of the molecule is CCn1c(C)c(C)c2cc(O)ccc21. The Hall–Kier alpha value is -1.44. The second-order valence-corrected chi connectivity index (χ2v) is 3.66. The van der Waals surface area contributed by atoms with Crippen molar-refractivity contribution in [2.45, 2.75) is 27.3 Å². The number of phenols is 1. The minimum absolute atomic E-state index is 0.342. The maximum Gasteiger partial charge on any atom is 0.116 e. The van der Waals surface area contributed by atoms with E-state index < -0.39 is 0 Å². The molecule has 74 valence electrons. The van der Waals surface area contributed by atoms with Gasteiger partial charge in [-0.15, -0.1) is 0 Å². The number of aromatic nitrogens is 1. The van der Waals surface area contributed by atoms with Gasteiger partial charge < -0.3 is 9.67 Å². The largest absolute Gasteiger partial charge is 0.508 e. The third kappa shape index (κ3) is 1.10. The molecule has 0 aliphatic carbocycles. The monoisotopic (exact) mass is 189 g/mol. The van der Waals surface area contributed by atoms with Crippen LogP contribution in [-0.4, -0.2) is 9.67 Å². The van der Waals surface area contributed by atoms with Crippen LogP contribution in [0.5, 0.6) is 5.75 Å². The number of aryl methyl sites for hydroxylation is 2. The smallest absolute Gasteiger partial charge is 0.116 e. The number of fused-ring (bicyclic) bond motifs is 1. The van der Waals surface area contributed by atoms with E-state index in [1.165, 1.54) is 16.8 Å².